The third-order valence-electron chi connectivity index (χ3n) is 2.27. The first kappa shape index (κ1) is 14.5. The van der Waals surface area contributed by atoms with Gasteiger partial charge in [0.2, 0.25) is 0 Å². The lowest BCUT2D eigenvalue weighted by Crippen LogP contribution is -2.26. The Morgan fingerprint density at radius 1 is 1.67 bits per heavy atom. The quantitative estimate of drug-likeness (QED) is 0.229. The molecule has 0 bridgehead atoms. The molecule has 0 amide bonds. The van der Waals surface area contributed by atoms with E-state index in [4.69, 9.17) is 5.53 Å². The molecule has 0 fully saturated rings. The molecule has 0 aliphatic heterocycles. The van der Waals surface area contributed by atoms with Gasteiger partial charge < -0.3 is 15.2 Å². The van der Waals surface area contributed by atoms with Gasteiger partial charge in [-0.3, -0.25) is 4.79 Å². The molecular formula is C9H13N5O3S. The van der Waals surface area contributed by atoms with Crippen LogP contribution < -0.4 is 5.56 Å². The van der Waals surface area contributed by atoms with Crippen molar-refractivity contribution in [2.75, 3.05) is 12.8 Å². The zero-order chi connectivity index (χ0) is 13.5. The lowest BCUT2D eigenvalue weighted by Gasteiger charge is -2.16. The van der Waals surface area contributed by atoms with Gasteiger partial charge in [-0.05, 0) is 18.2 Å². The van der Waals surface area contributed by atoms with Gasteiger partial charge in [0.15, 0.2) is 5.16 Å². The number of hydrogen-bond acceptors (Lipinski definition) is 6. The maximum Gasteiger partial charge on any atom is 0.257 e. The normalized spacial score (nSPS) is 13.7. The van der Waals surface area contributed by atoms with Crippen LogP contribution in [0.1, 0.15) is 18.1 Å². The summed E-state index contributed by atoms with van der Waals surface area (Å²) in [5.41, 5.74) is 7.58. The standard InChI is InChI=1S/C9H13N5O3S/c1-18-9-11-4-5(8(17)13-9)7(16)6(15)2-3-12-14-10/h4,6-7,15-16H,2-3H2,1H3,(H,11,13,17). The van der Waals surface area contributed by atoms with Crippen LogP contribution in [0.4, 0.5) is 0 Å². The van der Waals surface area contributed by atoms with Gasteiger partial charge in [-0.15, -0.1) is 0 Å². The van der Waals surface area contributed by atoms with Crippen molar-refractivity contribution in [3.63, 3.8) is 0 Å². The lowest BCUT2D eigenvalue weighted by atomic mass is 10.1. The van der Waals surface area contributed by atoms with Crippen LogP contribution in [0.15, 0.2) is 21.3 Å². The number of nitrogens with one attached hydrogen (secondary N) is 1. The van der Waals surface area contributed by atoms with Gasteiger partial charge in [0.1, 0.15) is 6.10 Å². The summed E-state index contributed by atoms with van der Waals surface area (Å²) in [4.78, 5) is 20.5. The highest BCUT2D eigenvalue weighted by molar-refractivity contribution is 7.98. The van der Waals surface area contributed by atoms with E-state index in [1.807, 2.05) is 0 Å². The lowest BCUT2D eigenvalue weighted by molar-refractivity contribution is 0.0139. The number of aliphatic hydroxyl groups is 2. The van der Waals surface area contributed by atoms with Gasteiger partial charge in [-0.2, -0.15) is 0 Å². The Bertz CT molecular complexity index is 499. The van der Waals surface area contributed by atoms with Crippen molar-refractivity contribution in [2.45, 2.75) is 23.8 Å². The van der Waals surface area contributed by atoms with Crippen LogP contribution in [0, 0.1) is 0 Å². The number of aromatic amines is 1. The SMILES string of the molecule is CSc1ncc(C(O)C(O)CCN=[N+]=[N-])c(=O)[nH]1. The van der Waals surface area contributed by atoms with E-state index in [-0.39, 0.29) is 18.5 Å². The van der Waals surface area contributed by atoms with Crippen molar-refractivity contribution in [1.29, 1.82) is 0 Å². The number of H-pyrrole nitrogens is 1. The maximum absolute atomic E-state index is 11.6. The van der Waals surface area contributed by atoms with E-state index in [1.165, 1.54) is 18.0 Å². The maximum atomic E-state index is 11.6. The summed E-state index contributed by atoms with van der Waals surface area (Å²) in [5, 5.41) is 23.1. The second-order valence-corrected chi connectivity index (χ2v) is 4.23. The van der Waals surface area contributed by atoms with Gasteiger partial charge in [0.05, 0.1) is 11.7 Å². The third kappa shape index (κ3) is 3.74. The molecule has 1 aromatic heterocycles. The third-order valence-corrected chi connectivity index (χ3v) is 2.86. The molecule has 98 valence electrons. The molecule has 1 heterocycles. The number of aromatic nitrogens is 2. The van der Waals surface area contributed by atoms with Gasteiger partial charge in [-0.1, -0.05) is 16.9 Å². The van der Waals surface area contributed by atoms with E-state index in [9.17, 15) is 15.0 Å². The summed E-state index contributed by atoms with van der Waals surface area (Å²) in [6, 6.07) is 0. The number of rotatable bonds is 6. The van der Waals surface area contributed by atoms with E-state index in [0.29, 0.717) is 5.16 Å². The van der Waals surface area contributed by atoms with Crippen LogP contribution in [0.2, 0.25) is 0 Å². The second kappa shape index (κ2) is 7.02. The fourth-order valence-corrected chi connectivity index (χ4v) is 1.66. The molecule has 0 aliphatic rings. The molecule has 0 aliphatic carbocycles. The van der Waals surface area contributed by atoms with E-state index < -0.39 is 17.8 Å². The van der Waals surface area contributed by atoms with Gasteiger partial charge >= 0.3 is 0 Å². The minimum absolute atomic E-state index is 0.0127. The average Bonchev–Trinajstić information content (AvgIpc) is 2.38. The minimum atomic E-state index is -1.36. The Balaban J connectivity index is 2.79. The fraction of sp³-hybridized carbons (Fsp3) is 0.556. The summed E-state index contributed by atoms with van der Waals surface area (Å²) >= 11 is 1.26. The number of nitrogens with zero attached hydrogens (tertiary/aromatic N) is 4. The van der Waals surface area contributed by atoms with Crippen molar-refractivity contribution >= 4 is 11.8 Å². The van der Waals surface area contributed by atoms with Crippen LogP contribution in [-0.4, -0.2) is 39.1 Å². The summed E-state index contributed by atoms with van der Waals surface area (Å²) in [6.45, 7) is 0.0446. The Morgan fingerprint density at radius 3 is 2.94 bits per heavy atom. The zero-order valence-electron chi connectivity index (χ0n) is 9.65. The molecule has 0 spiro atoms. The van der Waals surface area contributed by atoms with E-state index in [2.05, 4.69) is 20.0 Å². The average molecular weight is 271 g/mol. The van der Waals surface area contributed by atoms with Crippen LogP contribution in [0.3, 0.4) is 0 Å². The van der Waals surface area contributed by atoms with Crippen LogP contribution >= 0.6 is 11.8 Å². The van der Waals surface area contributed by atoms with Crippen molar-refractivity contribution in [2.24, 2.45) is 5.11 Å². The molecule has 1 aromatic rings. The summed E-state index contributed by atoms with van der Waals surface area (Å²) in [7, 11) is 0. The molecule has 0 aromatic carbocycles. The topological polar surface area (TPSA) is 135 Å². The van der Waals surface area contributed by atoms with Crippen molar-refractivity contribution in [3.05, 3.63) is 32.6 Å². The summed E-state index contributed by atoms with van der Waals surface area (Å²) in [5.74, 6) is 0. The highest BCUT2D eigenvalue weighted by Crippen LogP contribution is 2.16. The fourth-order valence-electron chi connectivity index (χ4n) is 1.30. The number of aliphatic hydroxyl groups excluding tert-OH is 2. The second-order valence-electron chi connectivity index (χ2n) is 3.43. The molecule has 3 N–H and O–H groups in total. The first-order valence-electron chi connectivity index (χ1n) is 5.10. The van der Waals surface area contributed by atoms with Crippen LogP contribution in [0.25, 0.3) is 10.4 Å². The predicted molar refractivity (Wildman–Crippen MR) is 66.2 cm³/mol. The molecule has 2 unspecified atom stereocenters. The molecule has 0 saturated heterocycles. The zero-order valence-corrected chi connectivity index (χ0v) is 10.5. The van der Waals surface area contributed by atoms with Crippen molar-refractivity contribution in [1.82, 2.24) is 9.97 Å². The minimum Gasteiger partial charge on any atom is -0.390 e. The Kier molecular flexibility index (Phi) is 5.66. The molecule has 2 atom stereocenters. The monoisotopic (exact) mass is 271 g/mol. The number of azide groups is 1. The summed E-state index contributed by atoms with van der Waals surface area (Å²) < 4.78 is 0. The molecule has 0 radical (unpaired) electrons. The van der Waals surface area contributed by atoms with Crippen LogP contribution in [0.5, 0.6) is 0 Å². The highest BCUT2D eigenvalue weighted by Gasteiger charge is 2.21. The van der Waals surface area contributed by atoms with E-state index in [1.54, 1.807) is 6.26 Å². The smallest absolute Gasteiger partial charge is 0.257 e. The Hall–Kier alpha value is -1.54. The number of hydrogen-bond donors (Lipinski definition) is 3. The van der Waals surface area contributed by atoms with Crippen molar-refractivity contribution in [3.8, 4) is 0 Å². The van der Waals surface area contributed by atoms with Gasteiger partial charge in [0, 0.05) is 17.7 Å². The summed E-state index contributed by atoms with van der Waals surface area (Å²) in [6.07, 6.45) is 0.508. The molecule has 1 rings (SSSR count). The van der Waals surface area contributed by atoms with Gasteiger partial charge in [-0.25, -0.2) is 4.98 Å². The molecule has 18 heavy (non-hydrogen) atoms. The Labute approximate surface area is 107 Å². The van der Waals surface area contributed by atoms with E-state index >= 15 is 0 Å². The highest BCUT2D eigenvalue weighted by atomic mass is 32.2. The molecule has 9 heteroatoms. The predicted octanol–water partition coefficient (Wildman–Crippen LogP) is 0.587. The first-order valence-corrected chi connectivity index (χ1v) is 6.32. The van der Waals surface area contributed by atoms with Gasteiger partial charge in [0.25, 0.3) is 5.56 Å². The Morgan fingerprint density at radius 2 is 2.39 bits per heavy atom. The largest absolute Gasteiger partial charge is 0.390 e. The molecular weight excluding hydrogens is 258 g/mol. The first-order chi connectivity index (χ1) is 8.60. The molecule has 8 nitrogen and oxygen atoms in total. The van der Waals surface area contributed by atoms with E-state index in [0.717, 1.165) is 0 Å². The van der Waals surface area contributed by atoms with Crippen LogP contribution in [-0.2, 0) is 0 Å². The number of thioether (sulfide) groups is 1. The molecule has 0 saturated carbocycles. The van der Waals surface area contributed by atoms with Crippen molar-refractivity contribution < 1.29 is 10.2 Å².